The summed E-state index contributed by atoms with van der Waals surface area (Å²) in [6, 6.07) is 13.1. The van der Waals surface area contributed by atoms with Crippen LogP contribution in [-0.4, -0.2) is 60.9 Å². The van der Waals surface area contributed by atoms with Gasteiger partial charge in [0.1, 0.15) is 12.4 Å². The van der Waals surface area contributed by atoms with E-state index in [9.17, 15) is 0 Å². The monoisotopic (exact) mass is 509 g/mol. The molecule has 8 heteroatoms. The Morgan fingerprint density at radius 2 is 1.83 bits per heavy atom. The van der Waals surface area contributed by atoms with Gasteiger partial charge in [-0.05, 0) is 55.5 Å². The summed E-state index contributed by atoms with van der Waals surface area (Å²) in [5.41, 5.74) is 7.17. The lowest BCUT2D eigenvalue weighted by Crippen LogP contribution is -2.35. The van der Waals surface area contributed by atoms with E-state index in [1.54, 1.807) is 11.3 Å². The van der Waals surface area contributed by atoms with E-state index in [2.05, 4.69) is 65.4 Å². The molecular weight excluding hydrogens is 474 g/mol. The Labute approximate surface area is 217 Å². The molecule has 2 fully saturated rings. The van der Waals surface area contributed by atoms with E-state index in [4.69, 9.17) is 24.4 Å². The molecule has 0 aliphatic carbocycles. The van der Waals surface area contributed by atoms with Crippen molar-refractivity contribution in [2.24, 2.45) is 0 Å². The van der Waals surface area contributed by atoms with Gasteiger partial charge in [-0.15, -0.1) is 11.3 Å². The Kier molecular flexibility index (Phi) is 9.33. The first-order chi connectivity index (χ1) is 17.6. The standard InChI is InChI=1S/C27H33N3O2S.CH2O2/c1-20-5-8-26(24(15-20)25-19-33-27(28-25)30-9-3-4-10-30)32-18-23-7-6-22(16-21(23)2)17-29-11-13-31-14-12-29;2-1-3/h5-8,15-16,19H,3-4,9-14,17-18H2,1-2H3;1H,(H,2,3). The molecule has 7 nitrogen and oxygen atoms in total. The molecule has 0 saturated carbocycles. The van der Waals surface area contributed by atoms with E-state index in [1.165, 1.54) is 35.1 Å². The van der Waals surface area contributed by atoms with Gasteiger partial charge in [0.2, 0.25) is 0 Å². The maximum absolute atomic E-state index is 8.36. The summed E-state index contributed by atoms with van der Waals surface area (Å²) in [5.74, 6) is 0.899. The third-order valence-corrected chi connectivity index (χ3v) is 7.48. The Morgan fingerprint density at radius 3 is 2.56 bits per heavy atom. The quantitative estimate of drug-likeness (QED) is 0.442. The highest BCUT2D eigenvalue weighted by Crippen LogP contribution is 2.35. The Morgan fingerprint density at radius 1 is 1.08 bits per heavy atom. The summed E-state index contributed by atoms with van der Waals surface area (Å²) in [5, 5.41) is 10.2. The van der Waals surface area contributed by atoms with Crippen LogP contribution in [0.1, 0.15) is 35.1 Å². The zero-order chi connectivity index (χ0) is 25.3. The molecule has 3 heterocycles. The van der Waals surface area contributed by atoms with Gasteiger partial charge in [0.05, 0.1) is 18.9 Å². The van der Waals surface area contributed by atoms with Gasteiger partial charge in [-0.25, -0.2) is 4.98 Å². The summed E-state index contributed by atoms with van der Waals surface area (Å²) in [6.45, 7) is 11.5. The van der Waals surface area contributed by atoms with Crippen molar-refractivity contribution >= 4 is 22.9 Å². The largest absolute Gasteiger partial charge is 0.488 e. The van der Waals surface area contributed by atoms with Crippen LogP contribution < -0.4 is 9.64 Å². The molecule has 2 aliphatic heterocycles. The van der Waals surface area contributed by atoms with Crippen LogP contribution in [-0.2, 0) is 22.7 Å². The first-order valence-electron chi connectivity index (χ1n) is 12.5. The predicted octanol–water partition coefficient (Wildman–Crippen LogP) is 5.14. The van der Waals surface area contributed by atoms with Crippen LogP contribution in [0.5, 0.6) is 5.75 Å². The number of aromatic nitrogens is 1. The number of thiazole rings is 1. The van der Waals surface area contributed by atoms with E-state index in [1.807, 2.05) is 0 Å². The molecule has 2 aromatic carbocycles. The minimum atomic E-state index is -0.250. The average molecular weight is 510 g/mol. The molecule has 0 spiro atoms. The van der Waals surface area contributed by atoms with E-state index in [0.29, 0.717) is 6.61 Å². The minimum Gasteiger partial charge on any atom is -0.488 e. The Balaban J connectivity index is 0.000000967. The molecule has 5 rings (SSSR count). The van der Waals surface area contributed by atoms with Crippen LogP contribution >= 0.6 is 11.3 Å². The lowest BCUT2D eigenvalue weighted by Gasteiger charge is -2.26. The van der Waals surface area contributed by atoms with Crippen molar-refractivity contribution in [3.63, 3.8) is 0 Å². The first-order valence-corrected chi connectivity index (χ1v) is 13.4. The molecule has 3 aromatic rings. The normalized spacial score (nSPS) is 15.9. The van der Waals surface area contributed by atoms with Gasteiger partial charge in [-0.3, -0.25) is 9.69 Å². The third-order valence-electron chi connectivity index (χ3n) is 6.58. The molecule has 0 unspecified atom stereocenters. The summed E-state index contributed by atoms with van der Waals surface area (Å²) in [7, 11) is 0. The van der Waals surface area contributed by atoms with Gasteiger partial charge < -0.3 is 19.5 Å². The van der Waals surface area contributed by atoms with Crippen LogP contribution in [0.2, 0.25) is 0 Å². The molecule has 0 amide bonds. The number of aryl methyl sites for hydroxylation is 2. The lowest BCUT2D eigenvalue weighted by molar-refractivity contribution is -0.122. The van der Waals surface area contributed by atoms with E-state index >= 15 is 0 Å². The van der Waals surface area contributed by atoms with Crippen molar-refractivity contribution in [1.82, 2.24) is 9.88 Å². The van der Waals surface area contributed by atoms with E-state index in [0.717, 1.165) is 68.1 Å². The highest BCUT2D eigenvalue weighted by Gasteiger charge is 2.18. The predicted molar refractivity (Wildman–Crippen MR) is 144 cm³/mol. The van der Waals surface area contributed by atoms with Crippen molar-refractivity contribution in [1.29, 1.82) is 0 Å². The second-order valence-corrected chi connectivity index (χ2v) is 10.1. The van der Waals surface area contributed by atoms with Crippen LogP contribution in [0.25, 0.3) is 11.3 Å². The van der Waals surface area contributed by atoms with Crippen LogP contribution in [0.4, 0.5) is 5.13 Å². The molecule has 0 atom stereocenters. The number of ether oxygens (including phenoxy) is 2. The number of benzene rings is 2. The summed E-state index contributed by atoms with van der Waals surface area (Å²) >= 11 is 1.74. The zero-order valence-corrected chi connectivity index (χ0v) is 21.9. The molecule has 192 valence electrons. The Bertz CT molecular complexity index is 1140. The molecule has 2 aliphatic rings. The van der Waals surface area contributed by atoms with Crippen molar-refractivity contribution in [3.05, 3.63) is 64.0 Å². The Hall–Kier alpha value is -2.94. The van der Waals surface area contributed by atoms with Crippen LogP contribution in [0.15, 0.2) is 41.8 Å². The fourth-order valence-corrected chi connectivity index (χ4v) is 5.48. The minimum absolute atomic E-state index is 0.250. The van der Waals surface area contributed by atoms with Gasteiger partial charge in [-0.1, -0.05) is 29.8 Å². The van der Waals surface area contributed by atoms with Crippen molar-refractivity contribution in [2.75, 3.05) is 44.3 Å². The average Bonchev–Trinajstić information content (AvgIpc) is 3.58. The number of morpholine rings is 1. The zero-order valence-electron chi connectivity index (χ0n) is 21.1. The molecule has 1 aromatic heterocycles. The van der Waals surface area contributed by atoms with Crippen LogP contribution in [0, 0.1) is 13.8 Å². The highest BCUT2D eigenvalue weighted by atomic mass is 32.1. The van der Waals surface area contributed by atoms with E-state index < -0.39 is 0 Å². The van der Waals surface area contributed by atoms with Gasteiger partial charge in [0, 0.05) is 43.7 Å². The molecule has 1 N–H and O–H groups in total. The third kappa shape index (κ3) is 6.84. The number of carbonyl (C=O) groups is 1. The topological polar surface area (TPSA) is 75.1 Å². The number of carboxylic acid groups (broad SMARTS) is 1. The maximum Gasteiger partial charge on any atom is 0.290 e. The highest BCUT2D eigenvalue weighted by molar-refractivity contribution is 7.14. The summed E-state index contributed by atoms with van der Waals surface area (Å²) in [4.78, 5) is 18.2. The molecule has 0 bridgehead atoms. The van der Waals surface area contributed by atoms with Crippen molar-refractivity contribution < 1.29 is 19.4 Å². The second-order valence-electron chi connectivity index (χ2n) is 9.25. The van der Waals surface area contributed by atoms with Crippen molar-refractivity contribution in [2.45, 2.75) is 39.8 Å². The van der Waals surface area contributed by atoms with E-state index in [-0.39, 0.29) is 6.47 Å². The fourth-order valence-electron chi connectivity index (χ4n) is 4.60. The van der Waals surface area contributed by atoms with Crippen molar-refractivity contribution in [3.8, 4) is 17.0 Å². The number of rotatable bonds is 7. The molecule has 0 radical (unpaired) electrons. The number of nitrogens with zero attached hydrogens (tertiary/aromatic N) is 3. The maximum atomic E-state index is 8.36. The summed E-state index contributed by atoms with van der Waals surface area (Å²) < 4.78 is 11.8. The number of hydrogen-bond acceptors (Lipinski definition) is 7. The second kappa shape index (κ2) is 12.9. The first kappa shape index (κ1) is 26.1. The van der Waals surface area contributed by atoms with Gasteiger partial charge in [0.15, 0.2) is 5.13 Å². The van der Waals surface area contributed by atoms with Crippen LogP contribution in [0.3, 0.4) is 0 Å². The molecule has 2 saturated heterocycles. The number of anilines is 1. The SMILES string of the molecule is Cc1ccc(OCc2ccc(CN3CCOCC3)cc2C)c(-c2csc(N3CCCC3)n2)c1.O=CO. The van der Waals surface area contributed by atoms with Gasteiger partial charge in [0.25, 0.3) is 6.47 Å². The summed E-state index contributed by atoms with van der Waals surface area (Å²) in [6.07, 6.45) is 2.52. The lowest BCUT2D eigenvalue weighted by atomic mass is 10.0. The van der Waals surface area contributed by atoms with Gasteiger partial charge >= 0.3 is 0 Å². The van der Waals surface area contributed by atoms with Gasteiger partial charge in [-0.2, -0.15) is 0 Å². The molecule has 36 heavy (non-hydrogen) atoms. The smallest absolute Gasteiger partial charge is 0.290 e. The fraction of sp³-hybridized carbons (Fsp3) is 0.429. The number of hydrogen-bond donors (Lipinski definition) is 1. The molecular formula is C28H35N3O4S.